The van der Waals surface area contributed by atoms with E-state index < -0.39 is 0 Å². The van der Waals surface area contributed by atoms with Crippen molar-refractivity contribution in [1.82, 2.24) is 15.1 Å². The van der Waals surface area contributed by atoms with Crippen molar-refractivity contribution >= 4 is 0 Å². The Bertz CT molecular complexity index is 177. The molecule has 3 heteroatoms. The van der Waals surface area contributed by atoms with Gasteiger partial charge in [-0.1, -0.05) is 0 Å². The van der Waals surface area contributed by atoms with Gasteiger partial charge in [0.25, 0.3) is 0 Å². The standard InChI is InChI=1S/C11H23N3/c1-13(2)8-6-12-10-5-7-14(9-10)11-3-4-11/h10-12H,3-9H2,1-2H3. The molecule has 0 radical (unpaired) electrons. The Morgan fingerprint density at radius 1 is 1.29 bits per heavy atom. The van der Waals surface area contributed by atoms with Gasteiger partial charge in [0.1, 0.15) is 0 Å². The highest BCUT2D eigenvalue weighted by atomic mass is 15.2. The van der Waals surface area contributed by atoms with Gasteiger partial charge < -0.3 is 10.2 Å². The van der Waals surface area contributed by atoms with Crippen LogP contribution in [0.15, 0.2) is 0 Å². The molecule has 0 amide bonds. The van der Waals surface area contributed by atoms with Gasteiger partial charge in [-0.2, -0.15) is 0 Å². The van der Waals surface area contributed by atoms with Gasteiger partial charge in [0.15, 0.2) is 0 Å². The minimum absolute atomic E-state index is 0.760. The molecule has 82 valence electrons. The molecular formula is C11H23N3. The zero-order valence-electron chi connectivity index (χ0n) is 9.50. The fourth-order valence-electron chi connectivity index (χ4n) is 2.22. The molecule has 0 bridgehead atoms. The van der Waals surface area contributed by atoms with Crippen molar-refractivity contribution in [3.63, 3.8) is 0 Å². The van der Waals surface area contributed by atoms with Crippen molar-refractivity contribution in [1.29, 1.82) is 0 Å². The number of hydrogen-bond donors (Lipinski definition) is 1. The molecule has 1 saturated heterocycles. The zero-order chi connectivity index (χ0) is 9.97. The first kappa shape index (κ1) is 10.4. The molecular weight excluding hydrogens is 174 g/mol. The van der Waals surface area contributed by atoms with E-state index >= 15 is 0 Å². The van der Waals surface area contributed by atoms with E-state index in [4.69, 9.17) is 0 Å². The summed E-state index contributed by atoms with van der Waals surface area (Å²) in [5, 5.41) is 3.64. The SMILES string of the molecule is CN(C)CCNC1CCN(C2CC2)C1. The molecule has 2 fully saturated rings. The van der Waals surface area contributed by atoms with Crippen LogP contribution in [0.5, 0.6) is 0 Å². The van der Waals surface area contributed by atoms with Crippen LogP contribution < -0.4 is 5.32 Å². The van der Waals surface area contributed by atoms with Crippen molar-refractivity contribution in [2.45, 2.75) is 31.3 Å². The molecule has 14 heavy (non-hydrogen) atoms. The van der Waals surface area contributed by atoms with Gasteiger partial charge in [-0.25, -0.2) is 0 Å². The van der Waals surface area contributed by atoms with E-state index in [0.717, 1.165) is 25.2 Å². The fraction of sp³-hybridized carbons (Fsp3) is 1.00. The summed E-state index contributed by atoms with van der Waals surface area (Å²) in [6.07, 6.45) is 4.25. The molecule has 1 heterocycles. The second-order valence-electron chi connectivity index (χ2n) is 4.97. The number of rotatable bonds is 5. The van der Waals surface area contributed by atoms with Crippen molar-refractivity contribution in [3.8, 4) is 0 Å². The lowest BCUT2D eigenvalue weighted by atomic mass is 10.2. The largest absolute Gasteiger partial charge is 0.311 e. The first-order chi connectivity index (χ1) is 6.75. The minimum atomic E-state index is 0.760. The number of likely N-dealkylation sites (tertiary alicyclic amines) is 1. The maximum Gasteiger partial charge on any atom is 0.0207 e. The Balaban J connectivity index is 1.58. The van der Waals surface area contributed by atoms with Gasteiger partial charge in [0, 0.05) is 38.3 Å². The number of nitrogens with one attached hydrogen (secondary N) is 1. The summed E-state index contributed by atoms with van der Waals surface area (Å²) in [5.41, 5.74) is 0. The van der Waals surface area contributed by atoms with Gasteiger partial charge in [0.2, 0.25) is 0 Å². The van der Waals surface area contributed by atoms with Gasteiger partial charge >= 0.3 is 0 Å². The molecule has 1 atom stereocenters. The van der Waals surface area contributed by atoms with Crippen LogP contribution in [0.4, 0.5) is 0 Å². The summed E-state index contributed by atoms with van der Waals surface area (Å²) in [6.45, 7) is 4.90. The lowest BCUT2D eigenvalue weighted by Gasteiger charge is -2.17. The minimum Gasteiger partial charge on any atom is -0.311 e. The second-order valence-corrected chi connectivity index (χ2v) is 4.97. The van der Waals surface area contributed by atoms with Crippen LogP contribution in [-0.4, -0.2) is 62.2 Å². The maximum atomic E-state index is 3.64. The third kappa shape index (κ3) is 2.94. The summed E-state index contributed by atoms with van der Waals surface area (Å²) in [7, 11) is 4.26. The Morgan fingerprint density at radius 3 is 2.71 bits per heavy atom. The maximum absolute atomic E-state index is 3.64. The quantitative estimate of drug-likeness (QED) is 0.687. The Labute approximate surface area is 87.4 Å². The van der Waals surface area contributed by atoms with E-state index in [9.17, 15) is 0 Å². The van der Waals surface area contributed by atoms with Crippen molar-refractivity contribution in [3.05, 3.63) is 0 Å². The normalized spacial score (nSPS) is 28.9. The predicted molar refractivity (Wildman–Crippen MR) is 59.6 cm³/mol. The molecule has 0 aromatic heterocycles. The number of hydrogen-bond acceptors (Lipinski definition) is 3. The zero-order valence-corrected chi connectivity index (χ0v) is 9.50. The lowest BCUT2D eigenvalue weighted by molar-refractivity contribution is 0.314. The summed E-state index contributed by atoms with van der Waals surface area (Å²) in [6, 6.07) is 1.71. The molecule has 1 saturated carbocycles. The monoisotopic (exact) mass is 197 g/mol. The predicted octanol–water partition coefficient (Wildman–Crippen LogP) is 0.374. The van der Waals surface area contributed by atoms with Crippen LogP contribution in [0.2, 0.25) is 0 Å². The number of nitrogens with zero attached hydrogens (tertiary/aromatic N) is 2. The molecule has 0 aromatic carbocycles. The molecule has 2 aliphatic rings. The van der Waals surface area contributed by atoms with Crippen molar-refractivity contribution in [2.24, 2.45) is 0 Å². The van der Waals surface area contributed by atoms with E-state index in [2.05, 4.69) is 29.2 Å². The highest BCUT2D eigenvalue weighted by Gasteiger charge is 2.33. The summed E-state index contributed by atoms with van der Waals surface area (Å²) >= 11 is 0. The lowest BCUT2D eigenvalue weighted by Crippen LogP contribution is -2.37. The first-order valence-corrected chi connectivity index (χ1v) is 5.88. The van der Waals surface area contributed by atoms with Gasteiger partial charge in [-0.05, 0) is 33.4 Å². The molecule has 1 aliphatic carbocycles. The fourth-order valence-corrected chi connectivity index (χ4v) is 2.22. The molecule has 0 spiro atoms. The highest BCUT2D eigenvalue weighted by molar-refractivity contribution is 4.91. The van der Waals surface area contributed by atoms with Crippen molar-refractivity contribution in [2.75, 3.05) is 40.3 Å². The molecule has 1 aliphatic heterocycles. The van der Waals surface area contributed by atoms with Gasteiger partial charge in [-0.15, -0.1) is 0 Å². The van der Waals surface area contributed by atoms with Gasteiger partial charge in [0.05, 0.1) is 0 Å². The second kappa shape index (κ2) is 4.60. The smallest absolute Gasteiger partial charge is 0.0207 e. The molecule has 3 nitrogen and oxygen atoms in total. The van der Waals surface area contributed by atoms with Gasteiger partial charge in [-0.3, -0.25) is 4.90 Å². The summed E-state index contributed by atoms with van der Waals surface area (Å²) in [5.74, 6) is 0. The first-order valence-electron chi connectivity index (χ1n) is 5.88. The van der Waals surface area contributed by atoms with Crippen molar-refractivity contribution < 1.29 is 0 Å². The molecule has 0 aromatic rings. The summed E-state index contributed by atoms with van der Waals surface area (Å²) < 4.78 is 0. The Kier molecular flexibility index (Phi) is 3.42. The summed E-state index contributed by atoms with van der Waals surface area (Å²) in [4.78, 5) is 4.90. The Hall–Kier alpha value is -0.120. The Morgan fingerprint density at radius 2 is 2.07 bits per heavy atom. The third-order valence-electron chi connectivity index (χ3n) is 3.27. The van der Waals surface area contributed by atoms with E-state index in [1.807, 2.05) is 0 Å². The highest BCUT2D eigenvalue weighted by Crippen LogP contribution is 2.29. The van der Waals surface area contributed by atoms with Crippen LogP contribution in [0.1, 0.15) is 19.3 Å². The van der Waals surface area contributed by atoms with Crippen LogP contribution in [0.3, 0.4) is 0 Å². The average molecular weight is 197 g/mol. The van der Waals surface area contributed by atoms with E-state index in [0.29, 0.717) is 0 Å². The van der Waals surface area contributed by atoms with E-state index in [1.165, 1.54) is 32.4 Å². The average Bonchev–Trinajstić information content (AvgIpc) is 2.87. The molecule has 1 unspecified atom stereocenters. The molecule has 2 rings (SSSR count). The van der Waals surface area contributed by atoms with E-state index in [1.54, 1.807) is 0 Å². The van der Waals surface area contributed by atoms with Crippen LogP contribution in [0.25, 0.3) is 0 Å². The van der Waals surface area contributed by atoms with Crippen LogP contribution in [-0.2, 0) is 0 Å². The van der Waals surface area contributed by atoms with Crippen LogP contribution >= 0.6 is 0 Å². The topological polar surface area (TPSA) is 18.5 Å². The third-order valence-corrected chi connectivity index (χ3v) is 3.27. The molecule has 1 N–H and O–H groups in total. The number of likely N-dealkylation sites (N-methyl/N-ethyl adjacent to an activating group) is 1. The van der Waals surface area contributed by atoms with E-state index in [-0.39, 0.29) is 0 Å². The van der Waals surface area contributed by atoms with Crippen LogP contribution in [0, 0.1) is 0 Å².